The smallest absolute Gasteiger partial charge is 0.131 e. The van der Waals surface area contributed by atoms with E-state index >= 15 is 4.39 Å². The van der Waals surface area contributed by atoms with Crippen LogP contribution in [0.1, 0.15) is 87.5 Å². The van der Waals surface area contributed by atoms with E-state index < -0.39 is 0 Å². The maximum Gasteiger partial charge on any atom is 0.131 e. The average molecular weight is 505 g/mol. The summed E-state index contributed by atoms with van der Waals surface area (Å²) >= 11 is 0. The van der Waals surface area contributed by atoms with Gasteiger partial charge in [-0.3, -0.25) is 0 Å². The molecule has 2 aromatic rings. The average Bonchev–Trinajstić information content (AvgIpc) is 2.88. The third kappa shape index (κ3) is 7.11. The standard InChI is InChI=1S/C33H42F2N2/c1-8-11-12-25(9-2)30-19-28(26-13-15-37(10-3)16-14-26)21-33(35)31(30)17-23(4)27-18-29(22-36(6)7)24(5)32(34)20-27/h17-22,25-26H,5,8-10,13-16H2,1-4,6-7H3/b23-17+,29-22-. The minimum atomic E-state index is -0.368. The van der Waals surface area contributed by atoms with E-state index in [0.29, 0.717) is 27.5 Å². The van der Waals surface area contributed by atoms with Crippen molar-refractivity contribution < 1.29 is 8.78 Å². The monoisotopic (exact) mass is 504 g/mol. The Morgan fingerprint density at radius 2 is 1.81 bits per heavy atom. The van der Waals surface area contributed by atoms with Gasteiger partial charge in [-0.2, -0.15) is 0 Å². The van der Waals surface area contributed by atoms with E-state index in [9.17, 15) is 4.39 Å². The molecule has 3 rings (SSSR count). The minimum Gasteiger partial charge on any atom is -0.383 e. The van der Waals surface area contributed by atoms with E-state index in [1.165, 1.54) is 6.07 Å². The first kappa shape index (κ1) is 28.7. The predicted molar refractivity (Wildman–Crippen MR) is 154 cm³/mol. The van der Waals surface area contributed by atoms with Crippen molar-refractivity contribution in [1.29, 1.82) is 0 Å². The van der Waals surface area contributed by atoms with Crippen molar-refractivity contribution >= 4 is 24.4 Å². The van der Waals surface area contributed by atoms with Crippen LogP contribution in [0.25, 0.3) is 24.4 Å². The molecule has 0 spiro atoms. The van der Waals surface area contributed by atoms with Crippen LogP contribution in [0.3, 0.4) is 0 Å². The van der Waals surface area contributed by atoms with Gasteiger partial charge >= 0.3 is 0 Å². The number of hydrogen-bond donors (Lipinski definition) is 0. The molecule has 1 heterocycles. The van der Waals surface area contributed by atoms with Crippen LogP contribution in [0, 0.1) is 23.5 Å². The topological polar surface area (TPSA) is 6.48 Å². The molecule has 1 fully saturated rings. The Hall–Kier alpha value is -2.90. The highest BCUT2D eigenvalue weighted by atomic mass is 19.1. The molecule has 1 aliphatic heterocycles. The molecule has 4 heteroatoms. The minimum absolute atomic E-state index is 0.0548. The van der Waals surface area contributed by atoms with E-state index in [2.05, 4.69) is 43.2 Å². The normalized spacial score (nSPS) is 16.4. The second-order valence-corrected chi connectivity index (χ2v) is 10.3. The molecule has 1 aliphatic rings. The third-order valence-electron chi connectivity index (χ3n) is 7.37. The molecule has 1 atom stereocenters. The lowest BCUT2D eigenvalue weighted by atomic mass is 9.83. The van der Waals surface area contributed by atoms with E-state index in [4.69, 9.17) is 0 Å². The van der Waals surface area contributed by atoms with Crippen molar-refractivity contribution in [2.75, 3.05) is 33.7 Å². The van der Waals surface area contributed by atoms with E-state index in [-0.39, 0.29) is 17.6 Å². The van der Waals surface area contributed by atoms with Gasteiger partial charge in [-0.05, 0) is 98.3 Å². The fourth-order valence-corrected chi connectivity index (χ4v) is 5.12. The third-order valence-corrected chi connectivity index (χ3v) is 7.37. The van der Waals surface area contributed by atoms with Crippen LogP contribution in [0.4, 0.5) is 8.78 Å². The van der Waals surface area contributed by atoms with Gasteiger partial charge in [-0.1, -0.05) is 39.3 Å². The Labute approximate surface area is 222 Å². The van der Waals surface area contributed by atoms with Crippen molar-refractivity contribution in [3.8, 4) is 11.8 Å². The van der Waals surface area contributed by atoms with Gasteiger partial charge in [0.25, 0.3) is 0 Å². The molecule has 0 aromatic heterocycles. The molecule has 37 heavy (non-hydrogen) atoms. The molecule has 2 nitrogen and oxygen atoms in total. The fraction of sp³-hybridized carbons (Fsp3) is 0.455. The van der Waals surface area contributed by atoms with Crippen LogP contribution < -0.4 is 10.4 Å². The highest BCUT2D eigenvalue weighted by molar-refractivity contribution is 5.82. The number of nitrogens with zero attached hydrogens (tertiary/aromatic N) is 2. The molecule has 1 unspecified atom stereocenters. The predicted octanol–water partition coefficient (Wildman–Crippen LogP) is 6.34. The Morgan fingerprint density at radius 3 is 2.41 bits per heavy atom. The zero-order valence-electron chi connectivity index (χ0n) is 23.4. The van der Waals surface area contributed by atoms with Crippen LogP contribution >= 0.6 is 0 Å². The first-order valence-corrected chi connectivity index (χ1v) is 13.6. The van der Waals surface area contributed by atoms with Crippen molar-refractivity contribution in [2.24, 2.45) is 0 Å². The molecular formula is C33H42F2N2. The number of halogens is 2. The van der Waals surface area contributed by atoms with Gasteiger partial charge in [0.15, 0.2) is 0 Å². The van der Waals surface area contributed by atoms with Crippen LogP contribution in [0.15, 0.2) is 24.3 Å². The summed E-state index contributed by atoms with van der Waals surface area (Å²) in [6.07, 6.45) is 7.36. The summed E-state index contributed by atoms with van der Waals surface area (Å²) in [5, 5.41) is 1.07. The second kappa shape index (κ2) is 13.1. The molecule has 2 aromatic carbocycles. The summed E-state index contributed by atoms with van der Waals surface area (Å²) in [7, 11) is 3.79. The molecule has 0 aliphatic carbocycles. The molecule has 0 bridgehead atoms. The van der Waals surface area contributed by atoms with Gasteiger partial charge in [-0.25, -0.2) is 8.78 Å². The highest BCUT2D eigenvalue weighted by Crippen LogP contribution is 2.35. The Balaban J connectivity index is 2.14. The lowest BCUT2D eigenvalue weighted by molar-refractivity contribution is 0.222. The Morgan fingerprint density at radius 1 is 1.11 bits per heavy atom. The molecule has 0 N–H and O–H groups in total. The fourth-order valence-electron chi connectivity index (χ4n) is 5.12. The van der Waals surface area contributed by atoms with Gasteiger partial charge in [-0.15, -0.1) is 5.92 Å². The SMILES string of the molecule is C=c1c(F)cc(/C(C)=C/c2c(F)cc(C3CCN(CC)CC3)cc2C(C#CCC)CC)c/c1=C/N(C)C. The number of hydrogen-bond acceptors (Lipinski definition) is 2. The van der Waals surface area contributed by atoms with Gasteiger partial charge in [0.1, 0.15) is 11.6 Å². The largest absolute Gasteiger partial charge is 0.383 e. The molecule has 198 valence electrons. The Kier molecular flexibility index (Phi) is 10.1. The number of piperidine rings is 1. The first-order valence-electron chi connectivity index (χ1n) is 13.6. The maximum absolute atomic E-state index is 15.9. The number of likely N-dealkylation sites (tertiary alicyclic amines) is 1. The van der Waals surface area contributed by atoms with Gasteiger partial charge in [0.05, 0.1) is 0 Å². The number of allylic oxidation sites excluding steroid dienone is 1. The molecule has 0 amide bonds. The summed E-state index contributed by atoms with van der Waals surface area (Å²) in [6, 6.07) is 7.32. The van der Waals surface area contributed by atoms with E-state index in [1.54, 1.807) is 6.07 Å². The van der Waals surface area contributed by atoms with Gasteiger partial charge in [0, 0.05) is 48.6 Å². The number of rotatable bonds is 7. The van der Waals surface area contributed by atoms with E-state index in [1.807, 2.05) is 51.2 Å². The maximum atomic E-state index is 15.9. The second-order valence-electron chi connectivity index (χ2n) is 10.3. The zero-order chi connectivity index (χ0) is 27.1. The first-order chi connectivity index (χ1) is 17.7. The van der Waals surface area contributed by atoms with Crippen molar-refractivity contribution in [1.82, 2.24) is 9.80 Å². The van der Waals surface area contributed by atoms with Crippen molar-refractivity contribution in [2.45, 2.75) is 65.2 Å². The highest BCUT2D eigenvalue weighted by Gasteiger charge is 2.23. The molecule has 0 radical (unpaired) electrons. The molecule has 1 saturated heterocycles. The van der Waals surface area contributed by atoms with Crippen molar-refractivity contribution in [3.05, 3.63) is 68.6 Å². The quantitative estimate of drug-likeness (QED) is 0.321. The molecule has 0 saturated carbocycles. The lowest BCUT2D eigenvalue weighted by Gasteiger charge is -2.32. The summed E-state index contributed by atoms with van der Waals surface area (Å²) in [4.78, 5) is 4.32. The van der Waals surface area contributed by atoms with Crippen LogP contribution in [0.5, 0.6) is 0 Å². The molecular weight excluding hydrogens is 462 g/mol. The summed E-state index contributed by atoms with van der Waals surface area (Å²) in [5.74, 6) is 6.30. The van der Waals surface area contributed by atoms with E-state index in [0.717, 1.165) is 62.0 Å². The summed E-state index contributed by atoms with van der Waals surface area (Å²) in [6.45, 7) is 15.3. The Bertz CT molecular complexity index is 1290. The van der Waals surface area contributed by atoms with Crippen molar-refractivity contribution in [3.63, 3.8) is 0 Å². The summed E-state index contributed by atoms with van der Waals surface area (Å²) < 4.78 is 30.7. The zero-order valence-corrected chi connectivity index (χ0v) is 23.4. The lowest BCUT2D eigenvalue weighted by Crippen LogP contribution is -2.32. The van der Waals surface area contributed by atoms with Gasteiger partial charge < -0.3 is 9.80 Å². The van der Waals surface area contributed by atoms with Crippen LogP contribution in [-0.2, 0) is 0 Å². The summed E-state index contributed by atoms with van der Waals surface area (Å²) in [5.41, 5.74) is 4.08. The number of benzene rings is 2. The van der Waals surface area contributed by atoms with Crippen LogP contribution in [0.2, 0.25) is 0 Å². The van der Waals surface area contributed by atoms with Crippen LogP contribution in [-0.4, -0.2) is 43.5 Å². The van der Waals surface area contributed by atoms with Gasteiger partial charge in [0.2, 0.25) is 0 Å².